The molecule has 142 valence electrons. The molecule has 26 heavy (non-hydrogen) atoms. The largest absolute Gasteiger partial charge is 0.497 e. The summed E-state index contributed by atoms with van der Waals surface area (Å²) in [4.78, 5) is 5.27. The van der Waals surface area contributed by atoms with Crippen molar-refractivity contribution in [2.45, 2.75) is 32.7 Å². The van der Waals surface area contributed by atoms with Gasteiger partial charge >= 0.3 is 0 Å². The highest BCUT2D eigenvalue weighted by Gasteiger charge is 2.21. The molecule has 1 aliphatic rings. The SMILES string of the molecule is CCN(Cc1ccsc1)C[C@H]1CCCN(CCc2cccc(OC)c2)C1. The molecule has 0 amide bonds. The van der Waals surface area contributed by atoms with E-state index >= 15 is 0 Å². The highest BCUT2D eigenvalue weighted by Crippen LogP contribution is 2.20. The lowest BCUT2D eigenvalue weighted by Gasteiger charge is -2.35. The molecule has 0 radical (unpaired) electrons. The summed E-state index contributed by atoms with van der Waals surface area (Å²) in [5.74, 6) is 1.76. The molecule has 1 fully saturated rings. The fourth-order valence-electron chi connectivity index (χ4n) is 3.93. The molecule has 0 saturated carbocycles. The highest BCUT2D eigenvalue weighted by molar-refractivity contribution is 7.07. The van der Waals surface area contributed by atoms with E-state index in [-0.39, 0.29) is 0 Å². The molecule has 3 rings (SSSR count). The van der Waals surface area contributed by atoms with Gasteiger partial charge in [0, 0.05) is 26.2 Å². The van der Waals surface area contributed by atoms with Crippen LogP contribution in [0.25, 0.3) is 0 Å². The second-order valence-corrected chi connectivity index (χ2v) is 8.15. The fourth-order valence-corrected chi connectivity index (χ4v) is 4.59. The number of benzene rings is 1. The van der Waals surface area contributed by atoms with Crippen LogP contribution < -0.4 is 4.74 Å². The van der Waals surface area contributed by atoms with E-state index in [2.05, 4.69) is 51.7 Å². The van der Waals surface area contributed by atoms with Gasteiger partial charge < -0.3 is 9.64 Å². The van der Waals surface area contributed by atoms with Gasteiger partial charge in [0.05, 0.1) is 7.11 Å². The molecule has 0 aliphatic carbocycles. The quantitative estimate of drug-likeness (QED) is 0.643. The van der Waals surface area contributed by atoms with Gasteiger partial charge in [0.15, 0.2) is 0 Å². The summed E-state index contributed by atoms with van der Waals surface area (Å²) < 4.78 is 5.34. The zero-order valence-electron chi connectivity index (χ0n) is 16.2. The van der Waals surface area contributed by atoms with E-state index in [9.17, 15) is 0 Å². The standard InChI is InChI=1S/C22H32N2OS/c1-3-23(17-21-10-13-26-18-21)15-20-7-5-11-24(16-20)12-9-19-6-4-8-22(14-19)25-2/h4,6,8,10,13-14,18,20H,3,5,7,9,11-12,15-17H2,1-2H3/t20-/m1/s1. The Kier molecular flexibility index (Phi) is 7.54. The number of thiophene rings is 1. The Morgan fingerprint density at radius 3 is 2.96 bits per heavy atom. The summed E-state index contributed by atoms with van der Waals surface area (Å²) in [6, 6.07) is 10.8. The van der Waals surface area contributed by atoms with Gasteiger partial charge in [0.1, 0.15) is 5.75 Å². The number of likely N-dealkylation sites (tertiary alicyclic amines) is 1. The molecule has 2 aromatic rings. The number of hydrogen-bond donors (Lipinski definition) is 0. The first-order chi connectivity index (χ1) is 12.8. The number of nitrogens with zero attached hydrogens (tertiary/aromatic N) is 2. The van der Waals surface area contributed by atoms with Gasteiger partial charge in [-0.15, -0.1) is 0 Å². The average molecular weight is 373 g/mol. The Balaban J connectivity index is 1.47. The van der Waals surface area contributed by atoms with Crippen LogP contribution in [-0.4, -0.2) is 49.6 Å². The lowest BCUT2D eigenvalue weighted by molar-refractivity contribution is 0.133. The maximum atomic E-state index is 5.34. The molecule has 0 spiro atoms. The molecular formula is C22H32N2OS. The van der Waals surface area contributed by atoms with Gasteiger partial charge in [-0.3, -0.25) is 4.90 Å². The van der Waals surface area contributed by atoms with E-state index in [0.717, 1.165) is 37.7 Å². The molecule has 4 heteroatoms. The summed E-state index contributed by atoms with van der Waals surface area (Å²) in [7, 11) is 1.74. The van der Waals surface area contributed by atoms with Crippen molar-refractivity contribution in [2.75, 3.05) is 39.8 Å². The maximum absolute atomic E-state index is 5.34. The van der Waals surface area contributed by atoms with Crippen molar-refractivity contribution in [1.29, 1.82) is 0 Å². The molecular weight excluding hydrogens is 340 g/mol. The highest BCUT2D eigenvalue weighted by atomic mass is 32.1. The topological polar surface area (TPSA) is 15.7 Å². The Morgan fingerprint density at radius 1 is 1.27 bits per heavy atom. The molecule has 1 atom stereocenters. The lowest BCUT2D eigenvalue weighted by Crippen LogP contribution is -2.41. The minimum absolute atomic E-state index is 0.799. The lowest BCUT2D eigenvalue weighted by atomic mass is 9.96. The molecule has 2 heterocycles. The number of hydrogen-bond acceptors (Lipinski definition) is 4. The fraction of sp³-hybridized carbons (Fsp3) is 0.545. The third-order valence-corrected chi connectivity index (χ3v) is 6.14. The first-order valence-corrected chi connectivity index (χ1v) is 10.8. The van der Waals surface area contributed by atoms with Gasteiger partial charge in [-0.25, -0.2) is 0 Å². The van der Waals surface area contributed by atoms with Crippen molar-refractivity contribution in [3.05, 3.63) is 52.2 Å². The van der Waals surface area contributed by atoms with Crippen molar-refractivity contribution >= 4 is 11.3 Å². The van der Waals surface area contributed by atoms with E-state index in [1.807, 2.05) is 6.07 Å². The third-order valence-electron chi connectivity index (χ3n) is 5.40. The smallest absolute Gasteiger partial charge is 0.119 e. The summed E-state index contributed by atoms with van der Waals surface area (Å²) in [6.45, 7) is 9.38. The van der Waals surface area contributed by atoms with E-state index in [1.54, 1.807) is 18.4 Å². The summed E-state index contributed by atoms with van der Waals surface area (Å²) in [5.41, 5.74) is 2.83. The van der Waals surface area contributed by atoms with E-state index in [4.69, 9.17) is 4.74 Å². The first-order valence-electron chi connectivity index (χ1n) is 9.85. The molecule has 1 saturated heterocycles. The van der Waals surface area contributed by atoms with Crippen LogP contribution in [0.1, 0.15) is 30.9 Å². The second kappa shape index (κ2) is 10.1. The molecule has 3 nitrogen and oxygen atoms in total. The number of rotatable bonds is 9. The van der Waals surface area contributed by atoms with E-state index < -0.39 is 0 Å². The van der Waals surface area contributed by atoms with Crippen LogP contribution in [0.2, 0.25) is 0 Å². The van der Waals surface area contributed by atoms with Crippen LogP contribution in [0, 0.1) is 5.92 Å². The van der Waals surface area contributed by atoms with Crippen molar-refractivity contribution in [3.63, 3.8) is 0 Å². The zero-order valence-corrected chi connectivity index (χ0v) is 17.0. The van der Waals surface area contributed by atoms with Crippen LogP contribution in [0.15, 0.2) is 41.1 Å². The van der Waals surface area contributed by atoms with Crippen LogP contribution in [-0.2, 0) is 13.0 Å². The molecule has 1 aliphatic heterocycles. The molecule has 0 N–H and O–H groups in total. The third kappa shape index (κ3) is 5.83. The zero-order chi connectivity index (χ0) is 18.2. The summed E-state index contributed by atoms with van der Waals surface area (Å²) in [6.07, 6.45) is 3.81. The molecule has 0 bridgehead atoms. The maximum Gasteiger partial charge on any atom is 0.119 e. The van der Waals surface area contributed by atoms with E-state index in [1.165, 1.54) is 43.6 Å². The Labute approximate surface area is 162 Å². The Hall–Kier alpha value is -1.36. The Morgan fingerprint density at radius 2 is 2.19 bits per heavy atom. The summed E-state index contributed by atoms with van der Waals surface area (Å²) >= 11 is 1.80. The molecule has 1 aromatic carbocycles. The summed E-state index contributed by atoms with van der Waals surface area (Å²) in [5, 5.41) is 4.47. The van der Waals surface area contributed by atoms with E-state index in [0.29, 0.717) is 0 Å². The first kappa shape index (κ1) is 19.4. The van der Waals surface area contributed by atoms with Crippen LogP contribution in [0.5, 0.6) is 5.75 Å². The van der Waals surface area contributed by atoms with Gasteiger partial charge in [-0.1, -0.05) is 19.1 Å². The monoisotopic (exact) mass is 372 g/mol. The minimum atomic E-state index is 0.799. The minimum Gasteiger partial charge on any atom is -0.497 e. The van der Waals surface area contributed by atoms with Crippen molar-refractivity contribution in [1.82, 2.24) is 9.80 Å². The van der Waals surface area contributed by atoms with Gasteiger partial charge in [0.25, 0.3) is 0 Å². The predicted octanol–water partition coefficient (Wildman–Crippen LogP) is 4.53. The van der Waals surface area contributed by atoms with Crippen LogP contribution >= 0.6 is 11.3 Å². The van der Waals surface area contributed by atoms with Crippen LogP contribution in [0.3, 0.4) is 0 Å². The number of piperidine rings is 1. The van der Waals surface area contributed by atoms with Crippen LogP contribution in [0.4, 0.5) is 0 Å². The number of methoxy groups -OCH3 is 1. The predicted molar refractivity (Wildman–Crippen MR) is 111 cm³/mol. The van der Waals surface area contributed by atoms with Crippen molar-refractivity contribution in [2.24, 2.45) is 5.92 Å². The van der Waals surface area contributed by atoms with Gasteiger partial charge in [0.2, 0.25) is 0 Å². The van der Waals surface area contributed by atoms with Crippen molar-refractivity contribution < 1.29 is 4.74 Å². The normalized spacial score (nSPS) is 18.3. The second-order valence-electron chi connectivity index (χ2n) is 7.37. The molecule has 1 aromatic heterocycles. The Bertz CT molecular complexity index is 643. The van der Waals surface area contributed by atoms with Gasteiger partial charge in [-0.2, -0.15) is 11.3 Å². The van der Waals surface area contributed by atoms with Gasteiger partial charge in [-0.05, 0) is 78.4 Å². The average Bonchev–Trinajstić information content (AvgIpc) is 3.19. The molecule has 0 unspecified atom stereocenters. The number of ether oxygens (including phenoxy) is 1. The van der Waals surface area contributed by atoms with Crippen molar-refractivity contribution in [3.8, 4) is 5.75 Å².